The molecule has 0 saturated carbocycles. The maximum atomic E-state index is 12.8. The number of amides is 2. The van der Waals surface area contributed by atoms with Gasteiger partial charge in [0.15, 0.2) is 0 Å². The molecule has 0 heterocycles. The molecule has 2 amide bonds. The summed E-state index contributed by atoms with van der Waals surface area (Å²) in [5.41, 5.74) is 1.53. The zero-order chi connectivity index (χ0) is 22.8. The number of ether oxygens (including phenoxy) is 1. The molecule has 0 aliphatic heterocycles. The number of alkyl carbamates (subject to hydrolysis) is 1. The Morgan fingerprint density at radius 2 is 1.58 bits per heavy atom. The summed E-state index contributed by atoms with van der Waals surface area (Å²) in [6, 6.07) is 13.8. The van der Waals surface area contributed by atoms with Crippen LogP contribution in [0, 0.1) is 5.92 Å². The zero-order valence-electron chi connectivity index (χ0n) is 17.5. The summed E-state index contributed by atoms with van der Waals surface area (Å²) < 4.78 is 5.19. The fraction of sp³-hybridized carbons (Fsp3) is 0.348. The molecule has 0 saturated heterocycles. The van der Waals surface area contributed by atoms with Gasteiger partial charge in [0.1, 0.15) is 18.7 Å². The molecule has 2 aromatic rings. The van der Waals surface area contributed by atoms with Crippen molar-refractivity contribution in [2.45, 2.75) is 45.4 Å². The average Bonchev–Trinajstić information content (AvgIpc) is 2.73. The smallest absolute Gasteiger partial charge is 0.408 e. The van der Waals surface area contributed by atoms with Crippen LogP contribution in [-0.4, -0.2) is 35.2 Å². The molecular weight excluding hydrogens is 420 g/mol. The largest absolute Gasteiger partial charge is 0.480 e. The van der Waals surface area contributed by atoms with E-state index in [-0.39, 0.29) is 18.9 Å². The predicted molar refractivity (Wildman–Crippen MR) is 118 cm³/mol. The summed E-state index contributed by atoms with van der Waals surface area (Å²) in [6.45, 7) is 3.87. The van der Waals surface area contributed by atoms with Crippen molar-refractivity contribution in [1.29, 1.82) is 0 Å². The molecule has 31 heavy (non-hydrogen) atoms. The lowest BCUT2D eigenvalue weighted by atomic mass is 10.0. The van der Waals surface area contributed by atoms with E-state index >= 15 is 0 Å². The Labute approximate surface area is 186 Å². The van der Waals surface area contributed by atoms with Crippen LogP contribution in [0.2, 0.25) is 5.02 Å². The van der Waals surface area contributed by atoms with E-state index in [1.54, 1.807) is 24.3 Å². The molecule has 2 aromatic carbocycles. The highest BCUT2D eigenvalue weighted by atomic mass is 35.5. The van der Waals surface area contributed by atoms with Crippen LogP contribution in [-0.2, 0) is 27.4 Å². The molecule has 0 radical (unpaired) electrons. The van der Waals surface area contributed by atoms with Gasteiger partial charge in [-0.3, -0.25) is 4.79 Å². The van der Waals surface area contributed by atoms with Crippen LogP contribution in [0.4, 0.5) is 4.79 Å². The van der Waals surface area contributed by atoms with Crippen LogP contribution in [0.3, 0.4) is 0 Å². The van der Waals surface area contributed by atoms with Crippen molar-refractivity contribution < 1.29 is 24.2 Å². The number of carbonyl (C=O) groups excluding carboxylic acids is 2. The van der Waals surface area contributed by atoms with E-state index in [4.69, 9.17) is 16.3 Å². The molecule has 0 aliphatic rings. The summed E-state index contributed by atoms with van der Waals surface area (Å²) in [4.78, 5) is 36.7. The van der Waals surface area contributed by atoms with Crippen molar-refractivity contribution in [2.24, 2.45) is 5.92 Å². The van der Waals surface area contributed by atoms with E-state index in [1.165, 1.54) is 0 Å². The second kappa shape index (κ2) is 12.0. The number of halogens is 1. The van der Waals surface area contributed by atoms with Gasteiger partial charge in [-0.1, -0.05) is 67.9 Å². The van der Waals surface area contributed by atoms with Crippen LogP contribution < -0.4 is 10.6 Å². The van der Waals surface area contributed by atoms with Crippen molar-refractivity contribution >= 4 is 29.6 Å². The number of hydrogen-bond acceptors (Lipinski definition) is 4. The van der Waals surface area contributed by atoms with Gasteiger partial charge in [0.2, 0.25) is 5.91 Å². The summed E-state index contributed by atoms with van der Waals surface area (Å²) in [5, 5.41) is 15.2. The third-order valence-corrected chi connectivity index (χ3v) is 4.75. The number of nitrogens with one attached hydrogen (secondary N) is 2. The minimum atomic E-state index is -1.17. The van der Waals surface area contributed by atoms with Gasteiger partial charge in [-0.2, -0.15) is 0 Å². The summed E-state index contributed by atoms with van der Waals surface area (Å²) >= 11 is 5.86. The molecule has 3 N–H and O–H groups in total. The molecule has 8 heteroatoms. The van der Waals surface area contributed by atoms with Gasteiger partial charge < -0.3 is 20.5 Å². The Morgan fingerprint density at radius 3 is 2.16 bits per heavy atom. The van der Waals surface area contributed by atoms with E-state index in [0.717, 1.165) is 5.56 Å². The van der Waals surface area contributed by atoms with E-state index in [1.807, 2.05) is 44.2 Å². The third kappa shape index (κ3) is 8.68. The monoisotopic (exact) mass is 446 g/mol. The second-order valence-electron chi connectivity index (χ2n) is 7.62. The fourth-order valence-electron chi connectivity index (χ4n) is 2.94. The van der Waals surface area contributed by atoms with E-state index in [0.29, 0.717) is 17.0 Å². The Hall–Kier alpha value is -3.06. The van der Waals surface area contributed by atoms with Crippen LogP contribution >= 0.6 is 11.6 Å². The molecule has 0 fully saturated rings. The van der Waals surface area contributed by atoms with Gasteiger partial charge in [0.05, 0.1) is 0 Å². The first-order valence-electron chi connectivity index (χ1n) is 9.99. The molecule has 166 valence electrons. The van der Waals surface area contributed by atoms with Crippen LogP contribution in [0.15, 0.2) is 54.6 Å². The number of rotatable bonds is 10. The first kappa shape index (κ1) is 24.2. The molecule has 0 aliphatic carbocycles. The number of aliphatic carboxylic acids is 1. The van der Waals surface area contributed by atoms with E-state index in [2.05, 4.69) is 10.6 Å². The van der Waals surface area contributed by atoms with Gasteiger partial charge in [0, 0.05) is 11.4 Å². The number of hydrogen-bond donors (Lipinski definition) is 3. The van der Waals surface area contributed by atoms with Crippen molar-refractivity contribution in [3.05, 3.63) is 70.7 Å². The first-order chi connectivity index (χ1) is 14.7. The maximum Gasteiger partial charge on any atom is 0.408 e. The Kier molecular flexibility index (Phi) is 9.34. The van der Waals surface area contributed by atoms with Gasteiger partial charge in [-0.15, -0.1) is 0 Å². The van der Waals surface area contributed by atoms with Crippen molar-refractivity contribution in [1.82, 2.24) is 10.6 Å². The fourth-order valence-corrected chi connectivity index (χ4v) is 3.06. The minimum Gasteiger partial charge on any atom is -0.480 e. The number of benzene rings is 2. The highest BCUT2D eigenvalue weighted by molar-refractivity contribution is 6.30. The number of carboxylic acid groups (broad SMARTS) is 1. The third-order valence-electron chi connectivity index (χ3n) is 4.50. The molecule has 0 aromatic heterocycles. The highest BCUT2D eigenvalue weighted by Gasteiger charge is 2.27. The molecular formula is C23H27ClN2O5. The van der Waals surface area contributed by atoms with E-state index < -0.39 is 30.1 Å². The highest BCUT2D eigenvalue weighted by Crippen LogP contribution is 2.12. The number of carbonyl (C=O) groups is 3. The maximum absolute atomic E-state index is 12.8. The molecule has 7 nitrogen and oxygen atoms in total. The lowest BCUT2D eigenvalue weighted by Crippen LogP contribution is -2.52. The molecule has 0 bridgehead atoms. The predicted octanol–water partition coefficient (Wildman–Crippen LogP) is 3.79. The summed E-state index contributed by atoms with van der Waals surface area (Å²) in [7, 11) is 0. The Morgan fingerprint density at radius 1 is 0.935 bits per heavy atom. The number of carboxylic acids is 1. The first-order valence-corrected chi connectivity index (χ1v) is 10.4. The zero-order valence-corrected chi connectivity index (χ0v) is 18.3. The van der Waals surface area contributed by atoms with Gasteiger partial charge in [0.25, 0.3) is 0 Å². The summed E-state index contributed by atoms with van der Waals surface area (Å²) in [6.07, 6.45) is -0.320. The second-order valence-corrected chi connectivity index (χ2v) is 8.05. The van der Waals surface area contributed by atoms with E-state index in [9.17, 15) is 19.5 Å². The van der Waals surface area contributed by atoms with Crippen molar-refractivity contribution in [3.63, 3.8) is 0 Å². The molecule has 2 rings (SSSR count). The summed E-state index contributed by atoms with van der Waals surface area (Å²) in [5.74, 6) is -1.66. The quantitative estimate of drug-likeness (QED) is 0.515. The standard InChI is InChI=1S/C23H27ClN2O5/c1-15(2)12-19(26-23(30)31-14-17-6-4-3-5-7-17)21(27)25-20(22(28)29)13-16-8-10-18(24)11-9-16/h3-11,15,19-20H,12-14H2,1-2H3,(H,25,27)(H,26,30)(H,28,29)/t19-,20+/m0/s1. The van der Waals surface area contributed by atoms with Gasteiger partial charge >= 0.3 is 12.1 Å². The molecule has 0 unspecified atom stereocenters. The Balaban J connectivity index is 1.99. The van der Waals surface area contributed by atoms with Crippen LogP contribution in [0.5, 0.6) is 0 Å². The lowest BCUT2D eigenvalue weighted by molar-refractivity contribution is -0.142. The molecule has 2 atom stereocenters. The van der Waals surface area contributed by atoms with Crippen molar-refractivity contribution in [3.8, 4) is 0 Å². The van der Waals surface area contributed by atoms with Gasteiger partial charge in [-0.25, -0.2) is 9.59 Å². The Bertz CT molecular complexity index is 871. The van der Waals surface area contributed by atoms with Crippen molar-refractivity contribution in [2.75, 3.05) is 0 Å². The minimum absolute atomic E-state index is 0.0665. The lowest BCUT2D eigenvalue weighted by Gasteiger charge is -2.22. The SMILES string of the molecule is CC(C)C[C@H](NC(=O)OCc1ccccc1)C(=O)N[C@H](Cc1ccc(Cl)cc1)C(=O)O. The van der Waals surface area contributed by atoms with Gasteiger partial charge in [-0.05, 0) is 35.6 Å². The van der Waals surface area contributed by atoms with Crippen LogP contribution in [0.1, 0.15) is 31.4 Å². The average molecular weight is 447 g/mol. The normalized spacial score (nSPS) is 12.6. The topological polar surface area (TPSA) is 105 Å². The van der Waals surface area contributed by atoms with Crippen LogP contribution in [0.25, 0.3) is 0 Å². The molecule has 0 spiro atoms.